The van der Waals surface area contributed by atoms with Crippen molar-refractivity contribution in [2.45, 2.75) is 38.6 Å². The zero-order valence-electron chi connectivity index (χ0n) is 15.6. The van der Waals surface area contributed by atoms with Gasteiger partial charge >= 0.3 is 0 Å². The number of carbonyl (C=O) groups excluding carboxylic acids is 1. The van der Waals surface area contributed by atoms with Crippen LogP contribution in [-0.2, 0) is 11.8 Å². The van der Waals surface area contributed by atoms with Crippen LogP contribution in [0.15, 0.2) is 15.5 Å². The number of nitrogens with zero attached hydrogens (tertiary/aromatic N) is 4. The molecule has 1 aromatic heterocycles. The van der Waals surface area contributed by atoms with Crippen molar-refractivity contribution in [3.05, 3.63) is 21.0 Å². The number of hydrogen-bond donors (Lipinski definition) is 1. The van der Waals surface area contributed by atoms with E-state index in [1.54, 1.807) is 13.2 Å². The SMILES string of the molecule is CC1CCCC(NC(=O)CN2CCN(c3cnn(C)c(=O)c3Br)CC2)C1. The fraction of sp³-hybridized carbons (Fsp3) is 0.722. The summed E-state index contributed by atoms with van der Waals surface area (Å²) in [6, 6.07) is 0.343. The molecule has 2 fully saturated rings. The maximum Gasteiger partial charge on any atom is 0.282 e. The second-order valence-electron chi connectivity index (χ2n) is 7.57. The molecule has 1 aliphatic heterocycles. The third kappa shape index (κ3) is 4.65. The van der Waals surface area contributed by atoms with Gasteiger partial charge in [-0.15, -0.1) is 0 Å². The van der Waals surface area contributed by atoms with Gasteiger partial charge in [0.25, 0.3) is 5.56 Å². The van der Waals surface area contributed by atoms with E-state index in [-0.39, 0.29) is 11.5 Å². The van der Waals surface area contributed by atoms with E-state index in [1.165, 1.54) is 17.5 Å². The summed E-state index contributed by atoms with van der Waals surface area (Å²) >= 11 is 3.39. The number of aromatic nitrogens is 2. The van der Waals surface area contributed by atoms with Crippen LogP contribution in [-0.4, -0.2) is 59.4 Å². The van der Waals surface area contributed by atoms with Crippen LogP contribution < -0.4 is 15.8 Å². The van der Waals surface area contributed by atoms with Crippen molar-refractivity contribution >= 4 is 27.5 Å². The summed E-state index contributed by atoms with van der Waals surface area (Å²) in [6.45, 7) is 5.88. The molecule has 1 aromatic rings. The van der Waals surface area contributed by atoms with E-state index < -0.39 is 0 Å². The lowest BCUT2D eigenvalue weighted by Gasteiger charge is -2.36. The Labute approximate surface area is 162 Å². The first kappa shape index (κ1) is 19.4. The molecule has 144 valence electrons. The van der Waals surface area contributed by atoms with Gasteiger partial charge in [-0.2, -0.15) is 5.10 Å². The minimum Gasteiger partial charge on any atom is -0.367 e. The van der Waals surface area contributed by atoms with E-state index in [2.05, 4.69) is 43.1 Å². The Bertz CT molecular complexity index is 699. The minimum absolute atomic E-state index is 0.133. The summed E-state index contributed by atoms with van der Waals surface area (Å²) in [5.41, 5.74) is 0.694. The topological polar surface area (TPSA) is 70.5 Å². The van der Waals surface area contributed by atoms with E-state index in [1.807, 2.05) is 0 Å². The predicted octanol–water partition coefficient (Wildman–Crippen LogP) is 1.36. The van der Waals surface area contributed by atoms with Crippen LogP contribution in [0, 0.1) is 5.92 Å². The van der Waals surface area contributed by atoms with Crippen molar-refractivity contribution in [1.82, 2.24) is 20.0 Å². The van der Waals surface area contributed by atoms with Crippen molar-refractivity contribution < 1.29 is 4.79 Å². The molecular weight excluding hydrogens is 398 g/mol. The average Bonchev–Trinajstić information content (AvgIpc) is 2.61. The Morgan fingerprint density at radius 1 is 1.31 bits per heavy atom. The normalized spacial score (nSPS) is 24.5. The van der Waals surface area contributed by atoms with Crippen LogP contribution in [0.5, 0.6) is 0 Å². The lowest BCUT2D eigenvalue weighted by Crippen LogP contribution is -2.51. The third-order valence-corrected chi connectivity index (χ3v) is 6.19. The van der Waals surface area contributed by atoms with Gasteiger partial charge in [0.15, 0.2) is 0 Å². The van der Waals surface area contributed by atoms with Crippen LogP contribution in [0.25, 0.3) is 0 Å². The van der Waals surface area contributed by atoms with Gasteiger partial charge < -0.3 is 10.2 Å². The standard InChI is InChI=1S/C18H28BrN5O2/c1-13-4-3-5-14(10-13)21-16(25)12-23-6-8-24(9-7-23)15-11-20-22(2)18(26)17(15)19/h11,13-14H,3-10,12H2,1-2H3,(H,21,25). The van der Waals surface area contributed by atoms with Crippen LogP contribution in [0.3, 0.4) is 0 Å². The Balaban J connectivity index is 1.49. The number of halogens is 1. The molecule has 1 N–H and O–H groups in total. The number of hydrogen-bond acceptors (Lipinski definition) is 5. The van der Waals surface area contributed by atoms with E-state index in [0.29, 0.717) is 23.0 Å². The minimum atomic E-state index is -0.133. The Morgan fingerprint density at radius 2 is 2.04 bits per heavy atom. The second kappa shape index (κ2) is 8.52. The van der Waals surface area contributed by atoms with Crippen molar-refractivity contribution in [2.75, 3.05) is 37.6 Å². The number of carbonyl (C=O) groups is 1. The second-order valence-corrected chi connectivity index (χ2v) is 8.36. The zero-order chi connectivity index (χ0) is 18.7. The first-order valence-corrected chi connectivity index (χ1v) is 10.2. The molecule has 3 rings (SSSR count). The van der Waals surface area contributed by atoms with E-state index in [0.717, 1.165) is 44.7 Å². The smallest absolute Gasteiger partial charge is 0.282 e. The molecular formula is C18H28BrN5O2. The van der Waals surface area contributed by atoms with Gasteiger partial charge in [-0.25, -0.2) is 4.68 Å². The van der Waals surface area contributed by atoms with Crippen LogP contribution >= 0.6 is 15.9 Å². The van der Waals surface area contributed by atoms with E-state index in [9.17, 15) is 9.59 Å². The van der Waals surface area contributed by atoms with Gasteiger partial charge in [0.1, 0.15) is 4.47 Å². The van der Waals surface area contributed by atoms with Gasteiger partial charge in [0.2, 0.25) is 5.91 Å². The number of anilines is 1. The zero-order valence-corrected chi connectivity index (χ0v) is 17.2. The summed E-state index contributed by atoms with van der Waals surface area (Å²) < 4.78 is 1.87. The van der Waals surface area contributed by atoms with Gasteiger partial charge in [0.05, 0.1) is 18.4 Å². The molecule has 0 aromatic carbocycles. The van der Waals surface area contributed by atoms with Gasteiger partial charge in [0, 0.05) is 39.3 Å². The highest BCUT2D eigenvalue weighted by molar-refractivity contribution is 9.10. The summed E-state index contributed by atoms with van der Waals surface area (Å²) in [6.07, 6.45) is 6.42. The number of aryl methyl sites for hydroxylation is 1. The predicted molar refractivity (Wildman–Crippen MR) is 105 cm³/mol. The molecule has 2 aliphatic rings. The van der Waals surface area contributed by atoms with Crippen molar-refractivity contribution in [1.29, 1.82) is 0 Å². The van der Waals surface area contributed by atoms with Crippen molar-refractivity contribution in [3.63, 3.8) is 0 Å². The van der Waals surface area contributed by atoms with Gasteiger partial charge in [-0.3, -0.25) is 14.5 Å². The molecule has 2 unspecified atom stereocenters. The molecule has 7 nitrogen and oxygen atoms in total. The van der Waals surface area contributed by atoms with Crippen molar-refractivity contribution in [3.8, 4) is 0 Å². The Kier molecular flexibility index (Phi) is 6.34. The Morgan fingerprint density at radius 3 is 2.73 bits per heavy atom. The molecule has 0 radical (unpaired) electrons. The molecule has 1 saturated heterocycles. The molecule has 1 saturated carbocycles. The van der Waals surface area contributed by atoms with Gasteiger partial charge in [-0.05, 0) is 34.7 Å². The first-order valence-electron chi connectivity index (χ1n) is 9.42. The summed E-state index contributed by atoms with van der Waals surface area (Å²) in [4.78, 5) is 28.7. The summed E-state index contributed by atoms with van der Waals surface area (Å²) in [5.74, 6) is 0.845. The highest BCUT2D eigenvalue weighted by Gasteiger charge is 2.24. The molecule has 1 amide bonds. The number of rotatable bonds is 4. The van der Waals surface area contributed by atoms with Crippen LogP contribution in [0.1, 0.15) is 32.6 Å². The highest BCUT2D eigenvalue weighted by Crippen LogP contribution is 2.24. The average molecular weight is 426 g/mol. The molecule has 8 heteroatoms. The molecule has 26 heavy (non-hydrogen) atoms. The molecule has 1 aliphatic carbocycles. The largest absolute Gasteiger partial charge is 0.367 e. The number of piperazine rings is 1. The fourth-order valence-electron chi connectivity index (χ4n) is 3.91. The van der Waals surface area contributed by atoms with Crippen LogP contribution in [0.4, 0.5) is 5.69 Å². The summed E-state index contributed by atoms with van der Waals surface area (Å²) in [5, 5.41) is 7.31. The molecule has 0 bridgehead atoms. The third-order valence-electron chi connectivity index (χ3n) is 5.44. The fourth-order valence-corrected chi connectivity index (χ4v) is 4.52. The van der Waals surface area contributed by atoms with Crippen molar-refractivity contribution in [2.24, 2.45) is 13.0 Å². The number of nitrogens with one attached hydrogen (secondary N) is 1. The molecule has 2 atom stereocenters. The quantitative estimate of drug-likeness (QED) is 0.788. The number of amides is 1. The lowest BCUT2D eigenvalue weighted by molar-refractivity contribution is -0.123. The maximum absolute atomic E-state index is 12.3. The molecule has 2 heterocycles. The highest BCUT2D eigenvalue weighted by atomic mass is 79.9. The van der Waals surface area contributed by atoms with Crippen LogP contribution in [0.2, 0.25) is 0 Å². The Hall–Kier alpha value is -1.41. The van der Waals surface area contributed by atoms with Gasteiger partial charge in [-0.1, -0.05) is 19.8 Å². The first-order chi connectivity index (χ1) is 12.4. The monoisotopic (exact) mass is 425 g/mol. The maximum atomic E-state index is 12.3. The molecule has 0 spiro atoms. The van der Waals surface area contributed by atoms with E-state index >= 15 is 0 Å². The van der Waals surface area contributed by atoms with E-state index in [4.69, 9.17) is 0 Å². The summed E-state index contributed by atoms with van der Waals surface area (Å²) in [7, 11) is 1.64. The lowest BCUT2D eigenvalue weighted by atomic mass is 9.87.